The summed E-state index contributed by atoms with van der Waals surface area (Å²) in [4.78, 5) is 72.2. The number of likely N-dealkylation sites (N-methyl/N-ethyl adjacent to an activating group) is 1. The molecule has 0 aromatic rings. The van der Waals surface area contributed by atoms with Crippen LogP contribution in [0.1, 0.15) is 75.2 Å². The second kappa shape index (κ2) is 16.6. The van der Waals surface area contributed by atoms with Crippen LogP contribution in [0.3, 0.4) is 0 Å². The second-order valence-corrected chi connectivity index (χ2v) is 16.0. The zero-order valence-electron chi connectivity index (χ0n) is 31.4. The van der Waals surface area contributed by atoms with E-state index in [1.807, 2.05) is 25.9 Å². The Morgan fingerprint density at radius 2 is 1.66 bits per heavy atom. The van der Waals surface area contributed by atoms with E-state index in [9.17, 15) is 29.2 Å². The minimum atomic E-state index is -1.56. The fraction of sp³-hybridized carbons (Fsp3) is 0.853. The van der Waals surface area contributed by atoms with E-state index in [-0.39, 0.29) is 30.2 Å². The van der Waals surface area contributed by atoms with Crippen molar-refractivity contribution in [2.75, 3.05) is 21.2 Å². The average molecular weight is 732 g/mol. The van der Waals surface area contributed by atoms with Crippen LogP contribution in [-0.4, -0.2) is 119 Å². The number of aliphatic hydroxyl groups excluding tert-OH is 1. The van der Waals surface area contributed by atoms with E-state index < -0.39 is 104 Å². The molecule has 0 spiro atoms. The Hall–Kier alpha value is -2.26. The number of nitrogens with zero attached hydrogens (tertiary/aromatic N) is 2. The molecule has 0 saturated carbocycles. The number of oxime groups is 1. The average Bonchev–Trinajstić information content (AvgIpc) is 3.35. The first-order chi connectivity index (χ1) is 23.1. The van der Waals surface area contributed by atoms with Gasteiger partial charge in [0, 0.05) is 36.8 Å². The minimum absolute atomic E-state index is 0.0589. The molecule has 3 rings (SSSR count). The molecule has 16 atom stereocenters. The number of ether oxygens (including phenoxy) is 5. The molecule has 0 radical (unpaired) electrons. The van der Waals surface area contributed by atoms with Gasteiger partial charge in [0.25, 0.3) is 0 Å². The SMILES string of the molecule is CO[C@]1(C)C[C@@H](C)C(=O)[C@H](C)C2[C@H](/C(N)=N/OC(C)PO)C(=O)O[C@@]2(C)[C@H](C)OC(=O)[C@H](C)C(=O)[C@H](C)[C@H]1OC1O[C@H](C)C[C@H](N(C)C)[C@H]1O. The van der Waals surface area contributed by atoms with Crippen LogP contribution in [0.5, 0.6) is 0 Å². The summed E-state index contributed by atoms with van der Waals surface area (Å²) < 4.78 is 30.4. The number of hydrogen-bond donors (Lipinski definition) is 3. The molecule has 3 aliphatic rings. The molecule has 0 aliphatic carbocycles. The summed E-state index contributed by atoms with van der Waals surface area (Å²) >= 11 is 0. The summed E-state index contributed by atoms with van der Waals surface area (Å²) in [5, 5.41) is 15.2. The Bertz CT molecular complexity index is 1290. The van der Waals surface area contributed by atoms with Gasteiger partial charge in [-0.1, -0.05) is 25.9 Å². The first-order valence-electron chi connectivity index (χ1n) is 17.2. The Balaban J connectivity index is 2.13. The smallest absolute Gasteiger partial charge is 0.317 e. The van der Waals surface area contributed by atoms with Crippen LogP contribution >= 0.6 is 8.81 Å². The van der Waals surface area contributed by atoms with Crippen LogP contribution in [0.25, 0.3) is 0 Å². The van der Waals surface area contributed by atoms with E-state index in [4.69, 9.17) is 34.3 Å². The number of amidine groups is 1. The van der Waals surface area contributed by atoms with Gasteiger partial charge in [-0.3, -0.25) is 19.2 Å². The summed E-state index contributed by atoms with van der Waals surface area (Å²) in [6, 6.07) is -0.300. The Morgan fingerprint density at radius 3 is 2.22 bits per heavy atom. The summed E-state index contributed by atoms with van der Waals surface area (Å²) in [5.41, 5.74) is 3.43. The number of methoxy groups -OCH3 is 1. The van der Waals surface area contributed by atoms with Crippen LogP contribution in [0.2, 0.25) is 0 Å². The summed E-state index contributed by atoms with van der Waals surface area (Å²) in [5.74, 6) is -9.51. The predicted octanol–water partition coefficient (Wildman–Crippen LogP) is 1.99. The summed E-state index contributed by atoms with van der Waals surface area (Å²) in [6.45, 7) is 14.7. The Kier molecular flexibility index (Phi) is 14.0. The van der Waals surface area contributed by atoms with Crippen LogP contribution in [-0.2, 0) is 47.7 Å². The lowest BCUT2D eigenvalue weighted by molar-refractivity contribution is -0.295. The van der Waals surface area contributed by atoms with E-state index in [2.05, 4.69) is 5.16 Å². The zero-order valence-corrected chi connectivity index (χ0v) is 32.4. The molecule has 3 fully saturated rings. The van der Waals surface area contributed by atoms with Crippen molar-refractivity contribution in [3.63, 3.8) is 0 Å². The monoisotopic (exact) mass is 731 g/mol. The number of rotatable bonds is 8. The number of fused-ring (bicyclic) bond motifs is 1. The van der Waals surface area contributed by atoms with Crippen LogP contribution in [0, 0.1) is 35.5 Å². The molecule has 286 valence electrons. The fourth-order valence-electron chi connectivity index (χ4n) is 7.78. The zero-order chi connectivity index (χ0) is 38.0. The number of carbonyl (C=O) groups is 4. The van der Waals surface area contributed by atoms with Crippen molar-refractivity contribution in [1.82, 2.24) is 4.90 Å². The van der Waals surface area contributed by atoms with Gasteiger partial charge in [0.2, 0.25) is 0 Å². The second-order valence-electron chi connectivity index (χ2n) is 14.9. The molecule has 16 heteroatoms. The predicted molar refractivity (Wildman–Crippen MR) is 184 cm³/mol. The number of ketones is 2. The molecule has 3 aliphatic heterocycles. The third kappa shape index (κ3) is 8.51. The van der Waals surface area contributed by atoms with Crippen LogP contribution < -0.4 is 5.73 Å². The highest BCUT2D eigenvalue weighted by atomic mass is 31.1. The summed E-state index contributed by atoms with van der Waals surface area (Å²) in [6.07, 6.45) is -4.10. The van der Waals surface area contributed by atoms with Crippen molar-refractivity contribution in [2.24, 2.45) is 46.4 Å². The van der Waals surface area contributed by atoms with Crippen molar-refractivity contribution in [2.45, 2.75) is 129 Å². The third-order valence-corrected chi connectivity index (χ3v) is 11.5. The molecule has 4 N–H and O–H groups in total. The van der Waals surface area contributed by atoms with E-state index in [0.29, 0.717) is 6.42 Å². The molecular formula is C34H58N3O12P. The molecule has 0 bridgehead atoms. The highest BCUT2D eigenvalue weighted by Crippen LogP contribution is 2.47. The van der Waals surface area contributed by atoms with E-state index >= 15 is 0 Å². The van der Waals surface area contributed by atoms with E-state index in [0.717, 1.165) is 0 Å². The Labute approximate surface area is 297 Å². The van der Waals surface area contributed by atoms with Crippen molar-refractivity contribution >= 4 is 38.1 Å². The third-order valence-electron chi connectivity index (χ3n) is 11.0. The van der Waals surface area contributed by atoms with Gasteiger partial charge in [0.1, 0.15) is 29.8 Å². The lowest BCUT2D eigenvalue weighted by atomic mass is 9.67. The first kappa shape index (κ1) is 42.2. The van der Waals surface area contributed by atoms with E-state index in [1.165, 1.54) is 21.0 Å². The van der Waals surface area contributed by atoms with Gasteiger partial charge in [-0.25, -0.2) is 0 Å². The van der Waals surface area contributed by atoms with Crippen molar-refractivity contribution < 1.29 is 57.7 Å². The highest BCUT2D eigenvalue weighted by Gasteiger charge is 2.62. The fourth-order valence-corrected chi connectivity index (χ4v) is 7.88. The van der Waals surface area contributed by atoms with Gasteiger partial charge >= 0.3 is 11.9 Å². The van der Waals surface area contributed by atoms with Crippen molar-refractivity contribution in [3.8, 4) is 0 Å². The normalized spacial score (nSPS) is 43.4. The summed E-state index contributed by atoms with van der Waals surface area (Å²) in [7, 11) is 4.54. The molecule has 3 heterocycles. The molecule has 15 nitrogen and oxygen atoms in total. The largest absolute Gasteiger partial charge is 0.458 e. The number of hydrogen-bond acceptors (Lipinski definition) is 14. The lowest BCUT2D eigenvalue weighted by Crippen LogP contribution is -2.59. The number of nitrogens with two attached hydrogens (primary N) is 1. The van der Waals surface area contributed by atoms with E-state index in [1.54, 1.807) is 41.5 Å². The molecule has 4 unspecified atom stereocenters. The lowest BCUT2D eigenvalue weighted by Gasteiger charge is -2.47. The molecular weight excluding hydrogens is 673 g/mol. The number of carbonyl (C=O) groups excluding carboxylic acids is 4. The van der Waals surface area contributed by atoms with Gasteiger partial charge in [-0.05, 0) is 68.5 Å². The number of Topliss-reactive ketones (excluding diaryl/α,β-unsaturated/α-hetero) is 2. The standard InChI is InChI=1S/C34H58N3O12P/c1-15-14-33(8,44-12)28(47-32-27(40)22(37(10)11)13-16(2)45-32)18(4)26(39)19(5)30(41)46-20(6)34(9)24(17(3)25(15)38)23(31(42)48-34)29(35)36-49-21(7)50-43/h15-24,27-28,32,40,43,50H,13-14H2,1-12H3,(H2,35,36)/t15-,16-,17-,18+,19-,20+,21?,22+,23-,24?,27-,28-,32?,33-,34+/m1/s1. The van der Waals surface area contributed by atoms with Gasteiger partial charge < -0.3 is 49.2 Å². The molecule has 50 heavy (non-hydrogen) atoms. The minimum Gasteiger partial charge on any atom is -0.458 e. The van der Waals surface area contributed by atoms with Gasteiger partial charge in [-0.15, -0.1) is 0 Å². The van der Waals surface area contributed by atoms with Gasteiger partial charge in [-0.2, -0.15) is 0 Å². The maximum Gasteiger partial charge on any atom is 0.317 e. The van der Waals surface area contributed by atoms with Crippen molar-refractivity contribution in [1.29, 1.82) is 0 Å². The molecule has 0 amide bonds. The highest BCUT2D eigenvalue weighted by molar-refractivity contribution is 7.31. The van der Waals surface area contributed by atoms with Gasteiger partial charge in [0.15, 0.2) is 29.4 Å². The molecule has 3 saturated heterocycles. The Morgan fingerprint density at radius 1 is 1.04 bits per heavy atom. The number of cyclic esters (lactones) is 1. The van der Waals surface area contributed by atoms with Crippen LogP contribution in [0.4, 0.5) is 0 Å². The van der Waals surface area contributed by atoms with Crippen molar-refractivity contribution in [3.05, 3.63) is 0 Å². The maximum absolute atomic E-state index is 14.4. The first-order valence-corrected chi connectivity index (χ1v) is 18.3. The topological polar surface area (TPSA) is 206 Å². The quantitative estimate of drug-likeness (QED) is 0.0816. The molecule has 0 aromatic carbocycles. The molecule has 0 aromatic heterocycles. The number of aliphatic hydroxyl groups is 1. The van der Waals surface area contributed by atoms with Gasteiger partial charge in [0.05, 0.1) is 26.6 Å². The maximum atomic E-state index is 14.4. The number of esters is 2. The van der Waals surface area contributed by atoms with Crippen LogP contribution in [0.15, 0.2) is 5.16 Å².